The van der Waals surface area contributed by atoms with E-state index in [1.165, 1.54) is 18.2 Å². The van der Waals surface area contributed by atoms with Crippen molar-refractivity contribution < 1.29 is 28.2 Å². The number of nitrogen functional groups attached to an aromatic ring is 1. The molecule has 0 aliphatic heterocycles. The molecular weight excluding hydrogens is 449 g/mol. The van der Waals surface area contributed by atoms with E-state index in [1.807, 2.05) is 0 Å². The minimum atomic E-state index is -1.15. The minimum Gasteiger partial charge on any atom is -0.468 e. The second kappa shape index (κ2) is 10.4. The summed E-state index contributed by atoms with van der Waals surface area (Å²) in [4.78, 5) is 62.6. The molecule has 0 amide bonds. The molecule has 0 bridgehead atoms. The largest absolute Gasteiger partial charge is 0.468 e. The van der Waals surface area contributed by atoms with E-state index in [0.29, 0.717) is 10.1 Å². The lowest BCUT2D eigenvalue weighted by atomic mass is 10.1. The molecule has 0 saturated heterocycles. The number of nitrogens with two attached hydrogens (primary N) is 1. The molecule has 0 aliphatic carbocycles. The van der Waals surface area contributed by atoms with Gasteiger partial charge in [0.05, 0.1) is 19.2 Å². The van der Waals surface area contributed by atoms with E-state index in [-0.39, 0.29) is 6.54 Å². The predicted octanol–water partition coefficient (Wildman–Crippen LogP) is 0.992. The number of rotatable bonds is 8. The number of benzene rings is 2. The Bertz CT molecular complexity index is 1360. The van der Waals surface area contributed by atoms with Crippen LogP contribution in [0.25, 0.3) is 0 Å². The van der Waals surface area contributed by atoms with E-state index in [4.69, 9.17) is 10.5 Å². The van der Waals surface area contributed by atoms with Crippen molar-refractivity contribution in [2.75, 3.05) is 19.5 Å². The van der Waals surface area contributed by atoms with Crippen LogP contribution in [0.5, 0.6) is 0 Å². The van der Waals surface area contributed by atoms with Gasteiger partial charge < -0.3 is 15.2 Å². The first-order valence-electron chi connectivity index (χ1n) is 9.93. The van der Waals surface area contributed by atoms with Crippen molar-refractivity contribution in [1.29, 1.82) is 0 Å². The molecule has 0 radical (unpaired) electrons. The number of ether oxygens (including phenoxy) is 2. The van der Waals surface area contributed by atoms with E-state index < -0.39 is 64.9 Å². The standard InChI is InChI=1S/C23H20FN3O7/c1-33-18(29)12-27-21(30)19(17(28)13-34-22(31)15-9-5-6-10-16(15)24)20(25)26(23(27)32)11-14-7-3-2-4-8-14/h2-10H,11-13,25H2,1H3. The molecule has 0 saturated carbocycles. The number of hydrogen-bond acceptors (Lipinski definition) is 8. The van der Waals surface area contributed by atoms with Crippen LogP contribution in [0, 0.1) is 5.82 Å². The quantitative estimate of drug-likeness (QED) is 0.381. The zero-order valence-corrected chi connectivity index (χ0v) is 18.0. The Hall–Kier alpha value is -4.54. The molecule has 2 aromatic carbocycles. The summed E-state index contributed by atoms with van der Waals surface area (Å²) in [6.07, 6.45) is 0. The summed E-state index contributed by atoms with van der Waals surface area (Å²) < 4.78 is 24.6. The number of methoxy groups -OCH3 is 1. The minimum absolute atomic E-state index is 0.109. The number of esters is 2. The number of Topliss-reactive ketones (excluding diaryl/α,β-unsaturated/α-hetero) is 1. The fourth-order valence-corrected chi connectivity index (χ4v) is 3.14. The van der Waals surface area contributed by atoms with Gasteiger partial charge >= 0.3 is 17.6 Å². The van der Waals surface area contributed by atoms with E-state index in [1.54, 1.807) is 30.3 Å². The van der Waals surface area contributed by atoms with Gasteiger partial charge in [-0.3, -0.25) is 19.0 Å². The van der Waals surface area contributed by atoms with Gasteiger partial charge in [-0.1, -0.05) is 42.5 Å². The van der Waals surface area contributed by atoms with Crippen LogP contribution in [-0.4, -0.2) is 40.6 Å². The Morgan fingerprint density at radius 3 is 2.26 bits per heavy atom. The first-order chi connectivity index (χ1) is 16.2. The van der Waals surface area contributed by atoms with E-state index in [2.05, 4.69) is 4.74 Å². The van der Waals surface area contributed by atoms with E-state index in [9.17, 15) is 28.4 Å². The van der Waals surface area contributed by atoms with E-state index in [0.717, 1.165) is 17.7 Å². The first-order valence-corrected chi connectivity index (χ1v) is 9.93. The fourth-order valence-electron chi connectivity index (χ4n) is 3.14. The maximum absolute atomic E-state index is 13.8. The summed E-state index contributed by atoms with van der Waals surface area (Å²) >= 11 is 0. The van der Waals surface area contributed by atoms with Gasteiger partial charge in [0.15, 0.2) is 6.61 Å². The Morgan fingerprint density at radius 1 is 0.971 bits per heavy atom. The first kappa shape index (κ1) is 24.1. The van der Waals surface area contributed by atoms with E-state index >= 15 is 0 Å². The van der Waals surface area contributed by atoms with Crippen LogP contribution in [0.15, 0.2) is 64.2 Å². The SMILES string of the molecule is COC(=O)Cn1c(=O)c(C(=O)COC(=O)c2ccccc2F)c(N)n(Cc2ccccc2)c1=O. The van der Waals surface area contributed by atoms with Crippen molar-refractivity contribution in [1.82, 2.24) is 9.13 Å². The number of halogens is 1. The second-order valence-electron chi connectivity index (χ2n) is 7.06. The lowest BCUT2D eigenvalue weighted by Gasteiger charge is -2.16. The smallest absolute Gasteiger partial charge is 0.341 e. The van der Waals surface area contributed by atoms with Gasteiger partial charge in [0, 0.05) is 0 Å². The van der Waals surface area contributed by atoms with Gasteiger partial charge in [-0.2, -0.15) is 0 Å². The van der Waals surface area contributed by atoms with Gasteiger partial charge in [-0.15, -0.1) is 0 Å². The van der Waals surface area contributed by atoms with Crippen LogP contribution in [0.4, 0.5) is 10.2 Å². The Morgan fingerprint density at radius 2 is 1.62 bits per heavy atom. The molecule has 2 N–H and O–H groups in total. The number of hydrogen-bond donors (Lipinski definition) is 1. The van der Waals surface area contributed by atoms with Crippen molar-refractivity contribution in [3.8, 4) is 0 Å². The monoisotopic (exact) mass is 469 g/mol. The second-order valence-corrected chi connectivity index (χ2v) is 7.06. The molecule has 0 spiro atoms. The lowest BCUT2D eigenvalue weighted by Crippen LogP contribution is -2.46. The maximum Gasteiger partial charge on any atom is 0.341 e. The third-order valence-corrected chi connectivity index (χ3v) is 4.87. The van der Waals surface area contributed by atoms with Crippen LogP contribution in [0.3, 0.4) is 0 Å². The fraction of sp³-hybridized carbons (Fsp3) is 0.174. The van der Waals surface area contributed by atoms with Gasteiger partial charge in [-0.25, -0.2) is 18.5 Å². The molecule has 1 heterocycles. The summed E-state index contributed by atoms with van der Waals surface area (Å²) in [7, 11) is 1.07. The van der Waals surface area contributed by atoms with Crippen LogP contribution >= 0.6 is 0 Å². The van der Waals surface area contributed by atoms with Crippen molar-refractivity contribution >= 4 is 23.5 Å². The molecule has 0 atom stereocenters. The number of aromatic nitrogens is 2. The lowest BCUT2D eigenvalue weighted by molar-refractivity contribution is -0.141. The average molecular weight is 469 g/mol. The average Bonchev–Trinajstić information content (AvgIpc) is 2.83. The zero-order chi connectivity index (χ0) is 24.8. The van der Waals surface area contributed by atoms with Crippen molar-refractivity contribution in [2.24, 2.45) is 0 Å². The molecular formula is C23H20FN3O7. The highest BCUT2D eigenvalue weighted by molar-refractivity contribution is 6.02. The predicted molar refractivity (Wildman–Crippen MR) is 118 cm³/mol. The number of nitrogens with zero attached hydrogens (tertiary/aromatic N) is 2. The van der Waals surface area contributed by atoms with Gasteiger partial charge in [0.1, 0.15) is 23.7 Å². The number of ketones is 1. The van der Waals surface area contributed by atoms with Crippen LogP contribution in [0.1, 0.15) is 26.3 Å². The number of carbonyl (C=O) groups excluding carboxylic acids is 3. The summed E-state index contributed by atoms with van der Waals surface area (Å²) in [6, 6.07) is 13.6. The van der Waals surface area contributed by atoms with Gasteiger partial charge in [0.25, 0.3) is 5.56 Å². The molecule has 34 heavy (non-hydrogen) atoms. The zero-order valence-electron chi connectivity index (χ0n) is 18.0. The normalized spacial score (nSPS) is 10.5. The third kappa shape index (κ3) is 5.09. The highest BCUT2D eigenvalue weighted by atomic mass is 19.1. The van der Waals surface area contributed by atoms with Gasteiger partial charge in [-0.05, 0) is 17.7 Å². The van der Waals surface area contributed by atoms with Crippen molar-refractivity contribution in [3.05, 3.63) is 97.9 Å². The van der Waals surface area contributed by atoms with Crippen molar-refractivity contribution in [3.63, 3.8) is 0 Å². The molecule has 10 nitrogen and oxygen atoms in total. The summed E-state index contributed by atoms with van der Waals surface area (Å²) in [5.74, 6) is -4.38. The molecule has 1 aromatic heterocycles. The Balaban J connectivity index is 2.00. The molecule has 3 rings (SSSR count). The highest BCUT2D eigenvalue weighted by Crippen LogP contribution is 2.12. The van der Waals surface area contributed by atoms with Crippen molar-refractivity contribution in [2.45, 2.75) is 13.1 Å². The summed E-state index contributed by atoms with van der Waals surface area (Å²) in [5, 5.41) is 0. The molecule has 11 heteroatoms. The summed E-state index contributed by atoms with van der Waals surface area (Å²) in [5.41, 5.74) is 3.51. The maximum atomic E-state index is 13.8. The Kier molecular flexibility index (Phi) is 7.36. The van der Waals surface area contributed by atoms with Crippen LogP contribution in [-0.2, 0) is 27.4 Å². The molecule has 0 aliphatic rings. The molecule has 0 fully saturated rings. The third-order valence-electron chi connectivity index (χ3n) is 4.87. The molecule has 176 valence electrons. The summed E-state index contributed by atoms with van der Waals surface area (Å²) in [6.45, 7) is -1.82. The van der Waals surface area contributed by atoms with Crippen LogP contribution < -0.4 is 17.0 Å². The van der Waals surface area contributed by atoms with Crippen LogP contribution in [0.2, 0.25) is 0 Å². The van der Waals surface area contributed by atoms with Gasteiger partial charge in [0.2, 0.25) is 5.78 Å². The number of anilines is 1. The number of carbonyl (C=O) groups is 3. The highest BCUT2D eigenvalue weighted by Gasteiger charge is 2.25. The Labute approximate surface area is 191 Å². The molecule has 3 aromatic rings. The molecule has 0 unspecified atom stereocenters. The topological polar surface area (TPSA) is 140 Å².